The number of rotatable bonds is 5. The zero-order valence-corrected chi connectivity index (χ0v) is 15.0. The zero-order valence-electron chi connectivity index (χ0n) is 14.2. The molecule has 0 bridgehead atoms. The van der Waals surface area contributed by atoms with Crippen molar-refractivity contribution >= 4 is 20.8 Å². The highest BCUT2D eigenvalue weighted by atomic mass is 32.2. The molecule has 1 heterocycles. The van der Waals surface area contributed by atoms with E-state index in [0.29, 0.717) is 24.6 Å². The molecule has 1 aliphatic heterocycles. The van der Waals surface area contributed by atoms with Crippen LogP contribution in [-0.4, -0.2) is 45.5 Å². The molecule has 5 nitrogen and oxygen atoms in total. The van der Waals surface area contributed by atoms with Crippen molar-refractivity contribution in [2.24, 2.45) is 0 Å². The van der Waals surface area contributed by atoms with Gasteiger partial charge in [-0.15, -0.1) is 0 Å². The maximum atomic E-state index is 13.2. The fraction of sp³-hybridized carbons (Fsp3) is 0.444. The number of benzene rings is 2. The number of sulfonamides is 1. The molecule has 6 heteroatoms. The first-order valence-corrected chi connectivity index (χ1v) is 9.84. The number of piperidine rings is 1. The lowest BCUT2D eigenvalue weighted by atomic mass is 10.1. The molecule has 0 saturated carbocycles. The molecule has 2 aromatic rings. The van der Waals surface area contributed by atoms with E-state index in [1.54, 1.807) is 16.4 Å². The van der Waals surface area contributed by atoms with Crippen LogP contribution in [0.2, 0.25) is 0 Å². The van der Waals surface area contributed by atoms with E-state index in [9.17, 15) is 8.42 Å². The van der Waals surface area contributed by atoms with Gasteiger partial charge in [-0.05, 0) is 38.9 Å². The lowest BCUT2D eigenvalue weighted by Gasteiger charge is -2.32. The van der Waals surface area contributed by atoms with Crippen LogP contribution in [0.4, 0.5) is 0 Å². The number of hydrogen-bond donors (Lipinski definition) is 1. The number of nitrogens with zero attached hydrogens (tertiary/aromatic N) is 1. The van der Waals surface area contributed by atoms with Crippen LogP contribution in [-0.2, 0) is 10.0 Å². The predicted molar refractivity (Wildman–Crippen MR) is 96.0 cm³/mol. The third-order valence-electron chi connectivity index (χ3n) is 4.55. The van der Waals surface area contributed by atoms with Crippen LogP contribution in [0, 0.1) is 0 Å². The van der Waals surface area contributed by atoms with Crippen LogP contribution < -0.4 is 10.1 Å². The Bertz CT molecular complexity index is 820. The molecule has 0 radical (unpaired) electrons. The number of hydrogen-bond acceptors (Lipinski definition) is 4. The minimum atomic E-state index is -3.53. The Morgan fingerprint density at radius 1 is 1.21 bits per heavy atom. The first kappa shape index (κ1) is 17.2. The summed E-state index contributed by atoms with van der Waals surface area (Å²) >= 11 is 0. The largest absolute Gasteiger partial charge is 0.493 e. The quantitative estimate of drug-likeness (QED) is 0.902. The fourth-order valence-corrected chi connectivity index (χ4v) is 5.01. The average Bonchev–Trinajstić information content (AvgIpc) is 2.62. The monoisotopic (exact) mass is 348 g/mol. The van der Waals surface area contributed by atoms with Gasteiger partial charge in [0, 0.05) is 29.9 Å². The number of ether oxygens (including phenoxy) is 1. The van der Waals surface area contributed by atoms with Crippen LogP contribution in [0.15, 0.2) is 41.3 Å². The summed E-state index contributed by atoms with van der Waals surface area (Å²) in [5.74, 6) is 0.721. The van der Waals surface area contributed by atoms with Crippen molar-refractivity contribution in [3.63, 3.8) is 0 Å². The highest BCUT2D eigenvalue weighted by Crippen LogP contribution is 2.33. The number of fused-ring (bicyclic) bond motifs is 1. The summed E-state index contributed by atoms with van der Waals surface area (Å²) in [4.78, 5) is 0.360. The Labute approximate surface area is 143 Å². The van der Waals surface area contributed by atoms with Crippen LogP contribution in [0.1, 0.15) is 19.8 Å². The minimum Gasteiger partial charge on any atom is -0.493 e. The lowest BCUT2D eigenvalue weighted by Crippen LogP contribution is -2.46. The second-order valence-corrected chi connectivity index (χ2v) is 7.94. The zero-order chi connectivity index (χ0) is 17.2. The molecule has 130 valence electrons. The van der Waals surface area contributed by atoms with Crippen LogP contribution in [0.25, 0.3) is 10.8 Å². The van der Waals surface area contributed by atoms with Gasteiger partial charge in [-0.3, -0.25) is 0 Å². The molecular weight excluding hydrogens is 324 g/mol. The van der Waals surface area contributed by atoms with Crippen LogP contribution >= 0.6 is 0 Å². The Morgan fingerprint density at radius 3 is 2.67 bits per heavy atom. The molecule has 0 aromatic heterocycles. The van der Waals surface area contributed by atoms with Crippen molar-refractivity contribution in [2.45, 2.75) is 30.7 Å². The van der Waals surface area contributed by atoms with E-state index in [-0.39, 0.29) is 6.04 Å². The Hall–Kier alpha value is -1.63. The van der Waals surface area contributed by atoms with Gasteiger partial charge in [0.2, 0.25) is 10.0 Å². The molecule has 1 unspecified atom stereocenters. The van der Waals surface area contributed by atoms with E-state index in [0.717, 1.165) is 29.4 Å². The topological polar surface area (TPSA) is 58.6 Å². The van der Waals surface area contributed by atoms with Gasteiger partial charge in [-0.25, -0.2) is 8.42 Å². The Morgan fingerprint density at radius 2 is 1.96 bits per heavy atom. The standard InChI is InChI=1S/C18H24N2O3S/c1-3-23-17-10-11-18(16-9-5-4-8-15(16)17)24(21,22)20-12-6-7-14(13-20)19-2/h4-5,8-11,14,19H,3,6-7,12-13H2,1-2H3. The summed E-state index contributed by atoms with van der Waals surface area (Å²) in [7, 11) is -1.64. The molecule has 1 aliphatic rings. The van der Waals surface area contributed by atoms with E-state index >= 15 is 0 Å². The van der Waals surface area contributed by atoms with Gasteiger partial charge in [-0.2, -0.15) is 4.31 Å². The average molecular weight is 348 g/mol. The molecule has 0 amide bonds. The SMILES string of the molecule is CCOc1ccc(S(=O)(=O)N2CCCC(NC)C2)c2ccccc12. The Kier molecular flexibility index (Phi) is 5.08. The summed E-state index contributed by atoms with van der Waals surface area (Å²) in [6.07, 6.45) is 1.88. The highest BCUT2D eigenvalue weighted by Gasteiger charge is 2.31. The van der Waals surface area contributed by atoms with Gasteiger partial charge in [0.15, 0.2) is 0 Å². The van der Waals surface area contributed by atoms with Gasteiger partial charge in [-0.1, -0.05) is 24.3 Å². The van der Waals surface area contributed by atoms with E-state index in [1.165, 1.54) is 0 Å². The highest BCUT2D eigenvalue weighted by molar-refractivity contribution is 7.89. The van der Waals surface area contributed by atoms with Gasteiger partial charge < -0.3 is 10.1 Å². The first-order valence-electron chi connectivity index (χ1n) is 8.40. The molecule has 1 fully saturated rings. The van der Waals surface area contributed by atoms with Gasteiger partial charge in [0.05, 0.1) is 11.5 Å². The minimum absolute atomic E-state index is 0.211. The van der Waals surface area contributed by atoms with Gasteiger partial charge in [0.25, 0.3) is 0 Å². The number of nitrogens with one attached hydrogen (secondary N) is 1. The third-order valence-corrected chi connectivity index (χ3v) is 6.48. The summed E-state index contributed by atoms with van der Waals surface area (Å²) in [6, 6.07) is 11.2. The second-order valence-electron chi connectivity index (χ2n) is 6.03. The molecule has 2 aromatic carbocycles. The molecule has 0 aliphatic carbocycles. The van der Waals surface area contributed by atoms with Crippen molar-refractivity contribution in [1.29, 1.82) is 0 Å². The van der Waals surface area contributed by atoms with Crippen LogP contribution in [0.3, 0.4) is 0 Å². The maximum Gasteiger partial charge on any atom is 0.243 e. The first-order chi connectivity index (χ1) is 11.6. The van der Waals surface area contributed by atoms with E-state index in [2.05, 4.69) is 5.32 Å². The van der Waals surface area contributed by atoms with Gasteiger partial charge >= 0.3 is 0 Å². The molecule has 1 N–H and O–H groups in total. The van der Waals surface area contributed by atoms with E-state index in [4.69, 9.17) is 4.74 Å². The normalized spacial score (nSPS) is 19.5. The van der Waals surface area contributed by atoms with Crippen molar-refractivity contribution in [3.05, 3.63) is 36.4 Å². The van der Waals surface area contributed by atoms with Crippen molar-refractivity contribution in [3.8, 4) is 5.75 Å². The predicted octanol–water partition coefficient (Wildman–Crippen LogP) is 2.61. The lowest BCUT2D eigenvalue weighted by molar-refractivity contribution is 0.293. The molecular formula is C18H24N2O3S. The summed E-state index contributed by atoms with van der Waals surface area (Å²) in [5, 5.41) is 4.75. The second kappa shape index (κ2) is 7.09. The summed E-state index contributed by atoms with van der Waals surface area (Å²) in [6.45, 7) is 3.56. The van der Waals surface area contributed by atoms with E-state index in [1.807, 2.05) is 38.2 Å². The maximum absolute atomic E-state index is 13.2. The summed E-state index contributed by atoms with van der Waals surface area (Å²) < 4.78 is 33.6. The number of likely N-dealkylation sites (N-methyl/N-ethyl adjacent to an activating group) is 1. The molecule has 3 rings (SSSR count). The van der Waals surface area contributed by atoms with Crippen molar-refractivity contribution in [1.82, 2.24) is 9.62 Å². The molecule has 24 heavy (non-hydrogen) atoms. The van der Waals surface area contributed by atoms with Crippen LogP contribution in [0.5, 0.6) is 5.75 Å². The molecule has 1 atom stereocenters. The summed E-state index contributed by atoms with van der Waals surface area (Å²) in [5.41, 5.74) is 0. The van der Waals surface area contributed by atoms with Crippen molar-refractivity contribution in [2.75, 3.05) is 26.7 Å². The smallest absolute Gasteiger partial charge is 0.243 e. The van der Waals surface area contributed by atoms with E-state index < -0.39 is 10.0 Å². The molecule has 0 spiro atoms. The van der Waals surface area contributed by atoms with Gasteiger partial charge in [0.1, 0.15) is 5.75 Å². The van der Waals surface area contributed by atoms with Crippen molar-refractivity contribution < 1.29 is 13.2 Å². The molecule has 1 saturated heterocycles. The Balaban J connectivity index is 2.07. The third kappa shape index (κ3) is 3.14. The fourth-order valence-electron chi connectivity index (χ4n) is 3.29.